The van der Waals surface area contributed by atoms with Crippen molar-refractivity contribution in [1.29, 1.82) is 0 Å². The van der Waals surface area contributed by atoms with Gasteiger partial charge in [-0.3, -0.25) is 4.79 Å². The van der Waals surface area contributed by atoms with Crippen LogP contribution in [-0.4, -0.2) is 30.3 Å². The van der Waals surface area contributed by atoms with Crippen molar-refractivity contribution in [2.24, 2.45) is 28.6 Å². The lowest BCUT2D eigenvalue weighted by Gasteiger charge is -2.40. The minimum atomic E-state index is -0.168. The largest absolute Gasteiger partial charge is 0.303 e. The van der Waals surface area contributed by atoms with Gasteiger partial charge in [0.05, 0.1) is 0 Å². The molecule has 1 saturated carbocycles. The molecule has 0 aromatic heterocycles. The lowest BCUT2D eigenvalue weighted by atomic mass is 9.69. The number of hydrogen-bond acceptors (Lipinski definition) is 2. The van der Waals surface area contributed by atoms with Crippen LogP contribution in [0.4, 0.5) is 0 Å². The second-order valence-corrected chi connectivity index (χ2v) is 10.3. The number of carbonyl (C=O) groups excluding carboxylic acids is 1. The molecule has 2 aliphatic rings. The van der Waals surface area contributed by atoms with Crippen molar-refractivity contribution in [2.45, 2.75) is 80.1 Å². The van der Waals surface area contributed by atoms with Gasteiger partial charge in [-0.15, -0.1) is 0 Å². The number of nitrogens with zero attached hydrogens (tertiary/aromatic N) is 1. The Morgan fingerprint density at radius 1 is 0.870 bits per heavy atom. The lowest BCUT2D eigenvalue weighted by molar-refractivity contribution is -0.131. The Labute approximate surface area is 144 Å². The molecule has 2 nitrogen and oxygen atoms in total. The van der Waals surface area contributed by atoms with E-state index in [0.717, 1.165) is 37.8 Å². The average molecular weight is 322 g/mol. The Bertz CT molecular complexity index is 385. The zero-order chi connectivity index (χ0) is 17.3. The smallest absolute Gasteiger partial charge is 0.141 e. The zero-order valence-electron chi connectivity index (χ0n) is 16.5. The first-order valence-corrected chi connectivity index (χ1v) is 9.84. The maximum atomic E-state index is 12.4. The van der Waals surface area contributed by atoms with Crippen molar-refractivity contribution >= 4 is 5.78 Å². The van der Waals surface area contributed by atoms with E-state index in [1.54, 1.807) is 0 Å². The van der Waals surface area contributed by atoms with E-state index in [9.17, 15) is 4.79 Å². The molecule has 23 heavy (non-hydrogen) atoms. The summed E-state index contributed by atoms with van der Waals surface area (Å²) in [5, 5.41) is 0. The van der Waals surface area contributed by atoms with Gasteiger partial charge in [-0.25, -0.2) is 0 Å². The van der Waals surface area contributed by atoms with Crippen molar-refractivity contribution in [2.75, 3.05) is 19.6 Å². The minimum Gasteiger partial charge on any atom is -0.303 e. The van der Waals surface area contributed by atoms with E-state index in [1.165, 1.54) is 32.2 Å². The molecule has 0 aromatic carbocycles. The fourth-order valence-corrected chi connectivity index (χ4v) is 4.57. The third-order valence-corrected chi connectivity index (χ3v) is 6.29. The fraction of sp³-hybridized carbons (Fsp3) is 0.952. The molecule has 0 amide bonds. The quantitative estimate of drug-likeness (QED) is 0.715. The Morgan fingerprint density at radius 2 is 1.39 bits per heavy atom. The molecule has 1 aliphatic carbocycles. The van der Waals surface area contributed by atoms with Gasteiger partial charge in [0, 0.05) is 17.9 Å². The first kappa shape index (κ1) is 19.0. The molecule has 134 valence electrons. The average Bonchev–Trinajstić information content (AvgIpc) is 2.46. The van der Waals surface area contributed by atoms with Crippen LogP contribution in [0.2, 0.25) is 0 Å². The molecule has 2 heteroatoms. The number of carbonyl (C=O) groups is 1. The Balaban J connectivity index is 1.73. The molecule has 0 spiro atoms. The van der Waals surface area contributed by atoms with Crippen molar-refractivity contribution in [1.82, 2.24) is 4.90 Å². The van der Waals surface area contributed by atoms with Crippen molar-refractivity contribution < 1.29 is 4.79 Å². The first-order valence-electron chi connectivity index (χ1n) is 9.84. The predicted octanol–water partition coefficient (Wildman–Crippen LogP) is 5.17. The molecule has 0 N–H and O–H groups in total. The molecule has 1 aliphatic heterocycles. The summed E-state index contributed by atoms with van der Waals surface area (Å²) in [6, 6.07) is 0. The molecule has 0 atom stereocenters. The van der Waals surface area contributed by atoms with Gasteiger partial charge in [-0.1, -0.05) is 41.5 Å². The molecule has 0 aromatic rings. The van der Waals surface area contributed by atoms with Crippen LogP contribution >= 0.6 is 0 Å². The van der Waals surface area contributed by atoms with Crippen LogP contribution in [0.5, 0.6) is 0 Å². The minimum absolute atomic E-state index is 0.168. The summed E-state index contributed by atoms with van der Waals surface area (Å²) in [4.78, 5) is 15.1. The zero-order valence-corrected chi connectivity index (χ0v) is 16.5. The second-order valence-electron chi connectivity index (χ2n) is 10.3. The van der Waals surface area contributed by atoms with Gasteiger partial charge in [0.2, 0.25) is 0 Å². The van der Waals surface area contributed by atoms with Crippen LogP contribution < -0.4 is 0 Å². The monoisotopic (exact) mass is 321 g/mol. The Hall–Kier alpha value is -0.370. The van der Waals surface area contributed by atoms with Crippen LogP contribution in [0, 0.1) is 28.6 Å². The molecule has 0 unspecified atom stereocenters. The van der Waals surface area contributed by atoms with E-state index in [4.69, 9.17) is 0 Å². The summed E-state index contributed by atoms with van der Waals surface area (Å²) < 4.78 is 0. The molecule has 0 radical (unpaired) electrons. The standard InChI is InChI=1S/C21H39NO/c1-20(2,3)18-9-7-16(8-10-18)15-22-13-11-17(12-14-22)19(23)21(4,5)6/h16-18H,7-15H2,1-6H3. The van der Waals surface area contributed by atoms with E-state index in [0.29, 0.717) is 17.1 Å². The highest BCUT2D eigenvalue weighted by atomic mass is 16.1. The maximum absolute atomic E-state index is 12.4. The van der Waals surface area contributed by atoms with E-state index in [2.05, 4.69) is 46.4 Å². The fourth-order valence-electron chi connectivity index (χ4n) is 4.57. The van der Waals surface area contributed by atoms with Crippen LogP contribution in [0.1, 0.15) is 80.1 Å². The molecule has 0 bridgehead atoms. The molecule has 2 fully saturated rings. The van der Waals surface area contributed by atoms with Gasteiger partial charge in [0.1, 0.15) is 5.78 Å². The summed E-state index contributed by atoms with van der Waals surface area (Å²) in [5.41, 5.74) is 0.314. The Morgan fingerprint density at radius 3 is 1.83 bits per heavy atom. The van der Waals surface area contributed by atoms with Crippen molar-refractivity contribution in [3.8, 4) is 0 Å². The topological polar surface area (TPSA) is 20.3 Å². The van der Waals surface area contributed by atoms with Gasteiger partial charge >= 0.3 is 0 Å². The van der Waals surface area contributed by atoms with Gasteiger partial charge in [0.25, 0.3) is 0 Å². The van der Waals surface area contributed by atoms with Gasteiger partial charge in [-0.05, 0) is 68.9 Å². The van der Waals surface area contributed by atoms with Crippen molar-refractivity contribution in [3.63, 3.8) is 0 Å². The van der Waals surface area contributed by atoms with E-state index in [1.807, 2.05) is 0 Å². The third-order valence-electron chi connectivity index (χ3n) is 6.29. The maximum Gasteiger partial charge on any atom is 0.141 e. The first-order chi connectivity index (χ1) is 10.6. The molecular formula is C21H39NO. The van der Waals surface area contributed by atoms with Gasteiger partial charge in [0.15, 0.2) is 0 Å². The molecule has 1 saturated heterocycles. The number of hydrogen-bond donors (Lipinski definition) is 0. The third kappa shape index (κ3) is 5.31. The summed E-state index contributed by atoms with van der Waals surface area (Å²) in [7, 11) is 0. The van der Waals surface area contributed by atoms with Crippen LogP contribution in [0.3, 0.4) is 0 Å². The summed E-state index contributed by atoms with van der Waals surface area (Å²) in [6.45, 7) is 16.9. The number of likely N-dealkylation sites (tertiary alicyclic amines) is 1. The highest BCUT2D eigenvalue weighted by Crippen LogP contribution is 2.40. The van der Waals surface area contributed by atoms with E-state index >= 15 is 0 Å². The van der Waals surface area contributed by atoms with Gasteiger partial charge < -0.3 is 4.90 Å². The summed E-state index contributed by atoms with van der Waals surface area (Å²) in [6.07, 6.45) is 7.78. The molecular weight excluding hydrogens is 282 g/mol. The highest BCUT2D eigenvalue weighted by molar-refractivity contribution is 5.86. The van der Waals surface area contributed by atoms with E-state index < -0.39 is 0 Å². The van der Waals surface area contributed by atoms with Gasteiger partial charge in [-0.2, -0.15) is 0 Å². The Kier molecular flexibility index (Phi) is 5.98. The van der Waals surface area contributed by atoms with E-state index in [-0.39, 0.29) is 5.41 Å². The lowest BCUT2D eigenvalue weighted by Crippen LogP contribution is -2.42. The second kappa shape index (κ2) is 7.25. The number of Topliss-reactive ketones (excluding diaryl/α,β-unsaturated/α-hetero) is 1. The number of piperidine rings is 1. The SMILES string of the molecule is CC(C)(C)C(=O)C1CCN(CC2CCC(C(C)(C)C)CC2)CC1. The van der Waals surface area contributed by atoms with Crippen LogP contribution in [0.25, 0.3) is 0 Å². The van der Waals surface area contributed by atoms with Crippen LogP contribution in [0.15, 0.2) is 0 Å². The summed E-state index contributed by atoms with van der Waals surface area (Å²) in [5.74, 6) is 2.59. The van der Waals surface area contributed by atoms with Crippen molar-refractivity contribution in [3.05, 3.63) is 0 Å². The predicted molar refractivity (Wildman–Crippen MR) is 98.5 cm³/mol. The molecule has 2 rings (SSSR count). The number of rotatable bonds is 3. The number of ketones is 1. The summed E-state index contributed by atoms with van der Waals surface area (Å²) >= 11 is 0. The molecule has 1 heterocycles. The normalized spacial score (nSPS) is 28.8. The highest BCUT2D eigenvalue weighted by Gasteiger charge is 2.34. The van der Waals surface area contributed by atoms with Crippen LogP contribution in [-0.2, 0) is 4.79 Å².